The lowest BCUT2D eigenvalue weighted by atomic mass is 9.94. The van der Waals surface area contributed by atoms with Crippen LogP contribution in [0.1, 0.15) is 38.0 Å². The molecule has 0 unspecified atom stereocenters. The Bertz CT molecular complexity index is 793. The molecule has 0 radical (unpaired) electrons. The number of primary amides is 1. The second-order valence-electron chi connectivity index (χ2n) is 7.05. The average Bonchev–Trinajstić information content (AvgIpc) is 3.10. The number of nitrogens with zero attached hydrogens (tertiary/aromatic N) is 2. The summed E-state index contributed by atoms with van der Waals surface area (Å²) in [4.78, 5) is 19.3. The summed E-state index contributed by atoms with van der Waals surface area (Å²) in [5.41, 5.74) is 5.99. The van der Waals surface area contributed by atoms with Gasteiger partial charge >= 0.3 is 0 Å². The lowest BCUT2D eigenvalue weighted by Crippen LogP contribution is -2.36. The molecular weight excluding hydrogens is 346 g/mol. The minimum Gasteiger partial charge on any atom is -0.484 e. The van der Waals surface area contributed by atoms with Crippen LogP contribution in [0.3, 0.4) is 0 Å². The summed E-state index contributed by atoms with van der Waals surface area (Å²) in [6, 6.07) is 7.41. The zero-order valence-corrected chi connectivity index (χ0v) is 16.2. The van der Waals surface area contributed by atoms with E-state index >= 15 is 0 Å². The molecule has 2 aromatic rings. The first kappa shape index (κ1) is 20.3. The van der Waals surface area contributed by atoms with Gasteiger partial charge in [0.05, 0.1) is 12.7 Å². The summed E-state index contributed by atoms with van der Waals surface area (Å²) in [6.07, 6.45) is 1.75. The molecule has 4 N–H and O–H groups in total. The SMILES string of the molecule is CN=C(NCc1cccc(OCC(N)=O)c1)NCc1ncc(C(C)(C)C)o1. The van der Waals surface area contributed by atoms with E-state index in [1.165, 1.54) is 0 Å². The highest BCUT2D eigenvalue weighted by Gasteiger charge is 2.19. The van der Waals surface area contributed by atoms with Crippen molar-refractivity contribution in [3.05, 3.63) is 47.7 Å². The lowest BCUT2D eigenvalue weighted by Gasteiger charge is -2.13. The molecule has 146 valence electrons. The summed E-state index contributed by atoms with van der Waals surface area (Å²) in [7, 11) is 1.69. The molecule has 8 nitrogen and oxygen atoms in total. The fourth-order valence-corrected chi connectivity index (χ4v) is 2.20. The third kappa shape index (κ3) is 6.65. The van der Waals surface area contributed by atoms with Crippen LogP contribution in [0.4, 0.5) is 0 Å². The van der Waals surface area contributed by atoms with Gasteiger partial charge in [-0.2, -0.15) is 0 Å². The topological polar surface area (TPSA) is 115 Å². The first-order valence-electron chi connectivity index (χ1n) is 8.67. The van der Waals surface area contributed by atoms with E-state index in [1.807, 2.05) is 18.2 Å². The molecule has 0 aliphatic rings. The molecule has 0 aliphatic heterocycles. The third-order valence-electron chi connectivity index (χ3n) is 3.66. The van der Waals surface area contributed by atoms with Gasteiger partial charge in [0.1, 0.15) is 11.5 Å². The number of ether oxygens (including phenoxy) is 1. The van der Waals surface area contributed by atoms with Gasteiger partial charge in [-0.15, -0.1) is 0 Å². The zero-order chi connectivity index (χ0) is 19.9. The van der Waals surface area contributed by atoms with Gasteiger partial charge < -0.3 is 25.5 Å². The number of aromatic nitrogens is 1. The number of hydrogen-bond donors (Lipinski definition) is 3. The number of amides is 1. The predicted octanol–water partition coefficient (Wildman–Crippen LogP) is 1.70. The molecule has 27 heavy (non-hydrogen) atoms. The predicted molar refractivity (Wildman–Crippen MR) is 103 cm³/mol. The maximum Gasteiger partial charge on any atom is 0.255 e. The number of hydrogen-bond acceptors (Lipinski definition) is 5. The van der Waals surface area contributed by atoms with E-state index in [0.29, 0.717) is 30.7 Å². The second-order valence-corrected chi connectivity index (χ2v) is 7.05. The first-order valence-corrected chi connectivity index (χ1v) is 8.67. The van der Waals surface area contributed by atoms with Gasteiger partial charge in [-0.05, 0) is 17.7 Å². The number of aliphatic imine (C=N–C) groups is 1. The van der Waals surface area contributed by atoms with Crippen LogP contribution in [0, 0.1) is 0 Å². The van der Waals surface area contributed by atoms with Crippen molar-refractivity contribution >= 4 is 11.9 Å². The van der Waals surface area contributed by atoms with Crippen molar-refractivity contribution in [3.8, 4) is 5.75 Å². The fraction of sp³-hybridized carbons (Fsp3) is 0.421. The third-order valence-corrected chi connectivity index (χ3v) is 3.66. The Morgan fingerprint density at radius 1 is 1.30 bits per heavy atom. The lowest BCUT2D eigenvalue weighted by molar-refractivity contribution is -0.119. The smallest absolute Gasteiger partial charge is 0.255 e. The van der Waals surface area contributed by atoms with E-state index in [4.69, 9.17) is 14.9 Å². The number of benzene rings is 1. The monoisotopic (exact) mass is 373 g/mol. The average molecular weight is 373 g/mol. The van der Waals surface area contributed by atoms with Gasteiger partial charge in [0.2, 0.25) is 5.89 Å². The number of carbonyl (C=O) groups is 1. The normalized spacial score (nSPS) is 11.9. The van der Waals surface area contributed by atoms with Crippen molar-refractivity contribution in [3.63, 3.8) is 0 Å². The summed E-state index contributed by atoms with van der Waals surface area (Å²) >= 11 is 0. The van der Waals surface area contributed by atoms with Crippen molar-refractivity contribution in [1.82, 2.24) is 15.6 Å². The molecule has 0 aliphatic carbocycles. The van der Waals surface area contributed by atoms with Gasteiger partial charge in [-0.1, -0.05) is 32.9 Å². The summed E-state index contributed by atoms with van der Waals surface area (Å²) in [5, 5.41) is 6.37. The van der Waals surface area contributed by atoms with Crippen LogP contribution in [-0.4, -0.2) is 30.5 Å². The Balaban J connectivity index is 1.86. The molecule has 0 bridgehead atoms. The van der Waals surface area contributed by atoms with Crippen molar-refractivity contribution in [2.45, 2.75) is 39.3 Å². The Morgan fingerprint density at radius 3 is 2.67 bits per heavy atom. The number of oxazole rings is 1. The fourth-order valence-electron chi connectivity index (χ4n) is 2.20. The molecule has 1 aromatic heterocycles. The Kier molecular flexibility index (Phi) is 6.81. The highest BCUT2D eigenvalue weighted by molar-refractivity contribution is 5.79. The van der Waals surface area contributed by atoms with E-state index in [9.17, 15) is 4.79 Å². The van der Waals surface area contributed by atoms with E-state index in [1.54, 1.807) is 19.3 Å². The largest absolute Gasteiger partial charge is 0.484 e. The highest BCUT2D eigenvalue weighted by atomic mass is 16.5. The van der Waals surface area contributed by atoms with Crippen LogP contribution in [0.5, 0.6) is 5.75 Å². The molecule has 1 amide bonds. The van der Waals surface area contributed by atoms with Crippen LogP contribution in [0.25, 0.3) is 0 Å². The van der Waals surface area contributed by atoms with Crippen LogP contribution < -0.4 is 21.1 Å². The number of nitrogens with one attached hydrogen (secondary N) is 2. The number of rotatable bonds is 7. The molecule has 8 heteroatoms. The summed E-state index contributed by atoms with van der Waals surface area (Å²) < 4.78 is 11.1. The van der Waals surface area contributed by atoms with E-state index in [2.05, 4.69) is 41.4 Å². The molecule has 0 spiro atoms. The second kappa shape index (κ2) is 9.07. The molecule has 0 atom stereocenters. The number of guanidine groups is 1. The highest BCUT2D eigenvalue weighted by Crippen LogP contribution is 2.22. The summed E-state index contributed by atoms with van der Waals surface area (Å²) in [5.74, 6) is 2.14. The van der Waals surface area contributed by atoms with Gasteiger partial charge in [0, 0.05) is 19.0 Å². The quantitative estimate of drug-likeness (QED) is 0.503. The first-order chi connectivity index (χ1) is 12.8. The van der Waals surface area contributed by atoms with Crippen LogP contribution in [0.15, 0.2) is 39.9 Å². The summed E-state index contributed by atoms with van der Waals surface area (Å²) in [6.45, 7) is 7.04. The molecule has 0 fully saturated rings. The van der Waals surface area contributed by atoms with Gasteiger partial charge in [0.25, 0.3) is 5.91 Å². The molecule has 0 saturated carbocycles. The van der Waals surface area contributed by atoms with Crippen LogP contribution in [-0.2, 0) is 23.3 Å². The van der Waals surface area contributed by atoms with Crippen molar-refractivity contribution in [1.29, 1.82) is 0 Å². The molecule has 1 heterocycles. The van der Waals surface area contributed by atoms with Crippen molar-refractivity contribution in [2.75, 3.05) is 13.7 Å². The van der Waals surface area contributed by atoms with Crippen LogP contribution >= 0.6 is 0 Å². The maximum atomic E-state index is 10.8. The molecular formula is C19H27N5O3. The zero-order valence-electron chi connectivity index (χ0n) is 16.2. The van der Waals surface area contributed by atoms with E-state index in [-0.39, 0.29) is 12.0 Å². The minimum absolute atomic E-state index is 0.0766. The van der Waals surface area contributed by atoms with Crippen LogP contribution in [0.2, 0.25) is 0 Å². The van der Waals surface area contributed by atoms with Crippen molar-refractivity contribution in [2.24, 2.45) is 10.7 Å². The maximum absolute atomic E-state index is 10.8. The van der Waals surface area contributed by atoms with E-state index < -0.39 is 5.91 Å². The number of carbonyl (C=O) groups excluding carboxylic acids is 1. The Labute approximate surface area is 159 Å². The van der Waals surface area contributed by atoms with Gasteiger partial charge in [-0.25, -0.2) is 4.98 Å². The standard InChI is InChI=1S/C19H27N5O3/c1-19(2,3)15-10-22-17(27-15)11-24-18(21-4)23-9-13-6-5-7-14(8-13)26-12-16(20)25/h5-8,10H,9,11-12H2,1-4H3,(H2,20,25)(H2,21,23,24). The molecule has 0 saturated heterocycles. The Hall–Kier alpha value is -3.03. The van der Waals surface area contributed by atoms with Gasteiger partial charge in [0.15, 0.2) is 12.6 Å². The van der Waals surface area contributed by atoms with Crippen molar-refractivity contribution < 1.29 is 13.9 Å². The van der Waals surface area contributed by atoms with E-state index in [0.717, 1.165) is 11.3 Å². The molecule has 2 rings (SSSR count). The molecule has 1 aromatic carbocycles. The minimum atomic E-state index is -0.510. The number of nitrogens with two attached hydrogens (primary N) is 1. The Morgan fingerprint density at radius 2 is 2.04 bits per heavy atom. The van der Waals surface area contributed by atoms with Gasteiger partial charge in [-0.3, -0.25) is 9.79 Å².